The summed E-state index contributed by atoms with van der Waals surface area (Å²) in [7, 11) is 0. The first-order valence-electron chi connectivity index (χ1n) is 5.44. The fraction of sp³-hybridized carbons (Fsp3) is 0.583. The fourth-order valence-corrected chi connectivity index (χ4v) is 2.71. The van der Waals surface area contributed by atoms with Crippen LogP contribution in [-0.2, 0) is 5.54 Å². The number of aryl methyl sites for hydroxylation is 2. The first kappa shape index (κ1) is 10.4. The lowest BCUT2D eigenvalue weighted by Crippen LogP contribution is -2.36. The van der Waals surface area contributed by atoms with E-state index in [9.17, 15) is 4.79 Å². The van der Waals surface area contributed by atoms with Crippen molar-refractivity contribution in [3.63, 3.8) is 0 Å². The maximum Gasteiger partial charge on any atom is 0.182 e. The van der Waals surface area contributed by atoms with Crippen molar-refractivity contribution in [2.24, 2.45) is 0 Å². The van der Waals surface area contributed by atoms with Crippen LogP contribution in [0.15, 0.2) is 16.9 Å². The molecule has 3 nitrogen and oxygen atoms in total. The van der Waals surface area contributed by atoms with E-state index in [0.29, 0.717) is 0 Å². The standard InChI is InChI=1S/C12H18N2O/c1-9-6-11(15)7-10(2)14(9)12(3)4-5-13-8-12/h6-7,13H,4-5,8H2,1-3H3. The Morgan fingerprint density at radius 3 is 2.40 bits per heavy atom. The Kier molecular flexibility index (Phi) is 2.43. The third-order valence-electron chi connectivity index (χ3n) is 3.29. The fourth-order valence-electron chi connectivity index (χ4n) is 2.71. The molecular weight excluding hydrogens is 188 g/mol. The quantitative estimate of drug-likeness (QED) is 0.748. The molecule has 1 N–H and O–H groups in total. The van der Waals surface area contributed by atoms with Crippen LogP contribution in [0.3, 0.4) is 0 Å². The monoisotopic (exact) mass is 206 g/mol. The van der Waals surface area contributed by atoms with Crippen molar-refractivity contribution in [1.29, 1.82) is 0 Å². The summed E-state index contributed by atoms with van der Waals surface area (Å²) in [5.74, 6) is 0. The molecule has 15 heavy (non-hydrogen) atoms. The zero-order valence-corrected chi connectivity index (χ0v) is 9.63. The van der Waals surface area contributed by atoms with Crippen molar-refractivity contribution >= 4 is 0 Å². The molecule has 2 heterocycles. The highest BCUT2D eigenvalue weighted by molar-refractivity contribution is 5.16. The molecule has 1 atom stereocenters. The molecule has 2 rings (SSSR count). The maximum absolute atomic E-state index is 11.4. The zero-order valence-electron chi connectivity index (χ0n) is 9.63. The van der Waals surface area contributed by atoms with Crippen LogP contribution in [0.1, 0.15) is 24.7 Å². The topological polar surface area (TPSA) is 34.0 Å². The van der Waals surface area contributed by atoms with Crippen molar-refractivity contribution < 1.29 is 0 Å². The molecule has 1 aromatic heterocycles. The van der Waals surface area contributed by atoms with Crippen LogP contribution in [0, 0.1) is 13.8 Å². The number of pyridine rings is 1. The molecule has 1 saturated heterocycles. The number of rotatable bonds is 1. The van der Waals surface area contributed by atoms with Gasteiger partial charge in [-0.05, 0) is 33.7 Å². The predicted octanol–water partition coefficient (Wildman–Crippen LogP) is 1.17. The lowest BCUT2D eigenvalue weighted by atomic mass is 9.99. The van der Waals surface area contributed by atoms with Crippen molar-refractivity contribution in [2.45, 2.75) is 32.7 Å². The van der Waals surface area contributed by atoms with Gasteiger partial charge in [-0.25, -0.2) is 0 Å². The summed E-state index contributed by atoms with van der Waals surface area (Å²) in [5.41, 5.74) is 2.36. The van der Waals surface area contributed by atoms with E-state index >= 15 is 0 Å². The van der Waals surface area contributed by atoms with E-state index in [2.05, 4.69) is 16.8 Å². The van der Waals surface area contributed by atoms with Gasteiger partial charge in [-0.2, -0.15) is 0 Å². The van der Waals surface area contributed by atoms with Crippen LogP contribution in [0.25, 0.3) is 0 Å². The molecule has 0 spiro atoms. The lowest BCUT2D eigenvalue weighted by Gasteiger charge is -2.31. The summed E-state index contributed by atoms with van der Waals surface area (Å²) >= 11 is 0. The Bertz CT molecular complexity index is 401. The molecule has 82 valence electrons. The normalized spacial score (nSPS) is 25.8. The first-order valence-corrected chi connectivity index (χ1v) is 5.44. The van der Waals surface area contributed by atoms with E-state index in [4.69, 9.17) is 0 Å². The summed E-state index contributed by atoms with van der Waals surface area (Å²) < 4.78 is 2.29. The van der Waals surface area contributed by atoms with Gasteiger partial charge in [-0.1, -0.05) is 0 Å². The van der Waals surface area contributed by atoms with Crippen molar-refractivity contribution in [1.82, 2.24) is 9.88 Å². The number of aromatic nitrogens is 1. The molecule has 3 heteroatoms. The van der Waals surface area contributed by atoms with Crippen LogP contribution < -0.4 is 10.7 Å². The molecule has 0 amide bonds. The Balaban J connectivity index is 2.56. The molecular formula is C12H18N2O. The van der Waals surface area contributed by atoms with Gasteiger partial charge in [-0.15, -0.1) is 0 Å². The largest absolute Gasteiger partial charge is 0.342 e. The molecule has 0 bridgehead atoms. The Morgan fingerprint density at radius 1 is 1.33 bits per heavy atom. The minimum absolute atomic E-state index is 0.107. The smallest absolute Gasteiger partial charge is 0.182 e. The van der Waals surface area contributed by atoms with Gasteiger partial charge in [-0.3, -0.25) is 4.79 Å². The Morgan fingerprint density at radius 2 is 1.93 bits per heavy atom. The summed E-state index contributed by atoms with van der Waals surface area (Å²) in [5, 5.41) is 3.38. The van der Waals surface area contributed by atoms with Crippen LogP contribution in [-0.4, -0.2) is 17.7 Å². The van der Waals surface area contributed by atoms with Gasteiger partial charge in [0.25, 0.3) is 0 Å². The summed E-state index contributed by atoms with van der Waals surface area (Å²) in [4.78, 5) is 11.4. The van der Waals surface area contributed by atoms with E-state index in [1.54, 1.807) is 12.1 Å². The van der Waals surface area contributed by atoms with Gasteiger partial charge >= 0.3 is 0 Å². The molecule has 0 saturated carbocycles. The second-order valence-electron chi connectivity index (χ2n) is 4.73. The van der Waals surface area contributed by atoms with E-state index in [0.717, 1.165) is 30.9 Å². The van der Waals surface area contributed by atoms with Crippen LogP contribution in [0.4, 0.5) is 0 Å². The van der Waals surface area contributed by atoms with E-state index in [1.807, 2.05) is 13.8 Å². The minimum Gasteiger partial charge on any atom is -0.342 e. The molecule has 0 aromatic carbocycles. The molecule has 1 aliphatic heterocycles. The average molecular weight is 206 g/mol. The van der Waals surface area contributed by atoms with Crippen LogP contribution in [0.2, 0.25) is 0 Å². The number of nitrogens with zero attached hydrogens (tertiary/aromatic N) is 1. The van der Waals surface area contributed by atoms with Gasteiger partial charge in [0.15, 0.2) is 5.43 Å². The molecule has 1 fully saturated rings. The summed E-state index contributed by atoms with van der Waals surface area (Å²) in [6, 6.07) is 3.44. The van der Waals surface area contributed by atoms with E-state index in [1.165, 1.54) is 0 Å². The number of nitrogens with one attached hydrogen (secondary N) is 1. The molecule has 0 radical (unpaired) electrons. The van der Waals surface area contributed by atoms with Gasteiger partial charge < -0.3 is 9.88 Å². The third-order valence-corrected chi connectivity index (χ3v) is 3.29. The van der Waals surface area contributed by atoms with Gasteiger partial charge in [0.1, 0.15) is 0 Å². The molecule has 0 aliphatic carbocycles. The number of hydrogen-bond acceptors (Lipinski definition) is 2. The van der Waals surface area contributed by atoms with Crippen LogP contribution in [0.5, 0.6) is 0 Å². The van der Waals surface area contributed by atoms with E-state index < -0.39 is 0 Å². The molecule has 1 aliphatic rings. The van der Waals surface area contributed by atoms with Crippen molar-refractivity contribution in [3.8, 4) is 0 Å². The van der Waals surface area contributed by atoms with Crippen molar-refractivity contribution in [3.05, 3.63) is 33.7 Å². The average Bonchev–Trinajstić information content (AvgIpc) is 2.50. The lowest BCUT2D eigenvalue weighted by molar-refractivity contribution is 0.338. The minimum atomic E-state index is 0.107. The zero-order chi connectivity index (χ0) is 11.1. The highest BCUT2D eigenvalue weighted by Gasteiger charge is 2.31. The second-order valence-corrected chi connectivity index (χ2v) is 4.73. The van der Waals surface area contributed by atoms with Gasteiger partial charge in [0.2, 0.25) is 0 Å². The summed E-state index contributed by atoms with van der Waals surface area (Å²) in [6.07, 6.45) is 1.12. The Labute approximate surface area is 90.1 Å². The van der Waals surface area contributed by atoms with E-state index in [-0.39, 0.29) is 11.0 Å². The highest BCUT2D eigenvalue weighted by atomic mass is 16.1. The Hall–Kier alpha value is -1.09. The maximum atomic E-state index is 11.4. The van der Waals surface area contributed by atoms with Crippen molar-refractivity contribution in [2.75, 3.05) is 13.1 Å². The second kappa shape index (κ2) is 3.49. The first-order chi connectivity index (χ1) is 7.03. The molecule has 1 aromatic rings. The number of hydrogen-bond donors (Lipinski definition) is 1. The van der Waals surface area contributed by atoms with Crippen LogP contribution >= 0.6 is 0 Å². The van der Waals surface area contributed by atoms with Gasteiger partial charge in [0.05, 0.1) is 5.54 Å². The third kappa shape index (κ3) is 1.72. The SMILES string of the molecule is Cc1cc(=O)cc(C)n1C1(C)CCNC1. The highest BCUT2D eigenvalue weighted by Crippen LogP contribution is 2.26. The predicted molar refractivity (Wildman–Crippen MR) is 61.3 cm³/mol. The molecule has 1 unspecified atom stereocenters. The van der Waals surface area contributed by atoms with Gasteiger partial charge in [0, 0.05) is 30.1 Å². The summed E-state index contributed by atoms with van der Waals surface area (Å²) in [6.45, 7) is 8.31.